The molecule has 0 aliphatic carbocycles. The number of benzene rings is 1. The molecule has 25 heavy (non-hydrogen) atoms. The third kappa shape index (κ3) is 8.19. The predicted octanol–water partition coefficient (Wildman–Crippen LogP) is 1.75. The van der Waals surface area contributed by atoms with Crippen molar-refractivity contribution in [3.8, 4) is 5.75 Å². The van der Waals surface area contributed by atoms with Crippen LogP contribution in [0, 0.1) is 5.82 Å². The van der Waals surface area contributed by atoms with E-state index in [0.29, 0.717) is 31.4 Å². The van der Waals surface area contributed by atoms with Gasteiger partial charge in [0.15, 0.2) is 5.96 Å². The Morgan fingerprint density at radius 3 is 2.48 bits per heavy atom. The first-order chi connectivity index (χ1) is 11.8. The van der Waals surface area contributed by atoms with Gasteiger partial charge in [0.25, 0.3) is 0 Å². The number of ether oxygens (including phenoxy) is 1. The molecule has 0 heterocycles. The highest BCUT2D eigenvalue weighted by molar-refractivity contribution is 5.84. The van der Waals surface area contributed by atoms with Crippen molar-refractivity contribution >= 4 is 11.9 Å². The summed E-state index contributed by atoms with van der Waals surface area (Å²) in [6.45, 7) is 7.35. The Labute approximate surface area is 149 Å². The third-order valence-corrected chi connectivity index (χ3v) is 3.28. The molecule has 0 saturated heterocycles. The molecule has 0 saturated carbocycles. The van der Waals surface area contributed by atoms with Crippen LogP contribution < -0.4 is 10.1 Å². The number of likely N-dealkylation sites (N-methyl/N-ethyl adjacent to an activating group) is 2. The Kier molecular flexibility index (Phi) is 8.46. The minimum absolute atomic E-state index is 0.0642. The second kappa shape index (κ2) is 10.3. The molecule has 0 radical (unpaired) electrons. The minimum atomic E-state index is -0.298. The largest absolute Gasteiger partial charge is 0.492 e. The van der Waals surface area contributed by atoms with Crippen LogP contribution in [0.2, 0.25) is 0 Å². The van der Waals surface area contributed by atoms with Gasteiger partial charge in [-0.1, -0.05) is 12.2 Å². The maximum absolute atomic E-state index is 12.9. The molecule has 0 aliphatic heterocycles. The van der Waals surface area contributed by atoms with Gasteiger partial charge in [-0.05, 0) is 31.2 Å². The van der Waals surface area contributed by atoms with Gasteiger partial charge in [-0.2, -0.15) is 0 Å². The van der Waals surface area contributed by atoms with Gasteiger partial charge in [-0.15, -0.1) is 0 Å². The molecule has 0 unspecified atom stereocenters. The predicted molar refractivity (Wildman–Crippen MR) is 98.3 cm³/mol. The third-order valence-electron chi connectivity index (χ3n) is 3.28. The molecule has 0 aliphatic rings. The van der Waals surface area contributed by atoms with Gasteiger partial charge in [-0.3, -0.25) is 4.79 Å². The number of amides is 1. The molecular formula is C18H27FN4O2. The monoisotopic (exact) mass is 350 g/mol. The average molecular weight is 350 g/mol. The van der Waals surface area contributed by atoms with Crippen molar-refractivity contribution in [2.45, 2.75) is 6.92 Å². The van der Waals surface area contributed by atoms with Crippen LogP contribution in [0.15, 0.2) is 41.4 Å². The lowest BCUT2D eigenvalue weighted by Crippen LogP contribution is -2.42. The van der Waals surface area contributed by atoms with Gasteiger partial charge in [0.1, 0.15) is 24.7 Å². The number of rotatable bonds is 8. The molecule has 1 aromatic carbocycles. The summed E-state index contributed by atoms with van der Waals surface area (Å²) < 4.78 is 18.5. The number of nitrogens with zero attached hydrogens (tertiary/aromatic N) is 3. The summed E-state index contributed by atoms with van der Waals surface area (Å²) in [4.78, 5) is 19.5. The molecule has 1 rings (SSSR count). The molecular weight excluding hydrogens is 323 g/mol. The van der Waals surface area contributed by atoms with E-state index in [1.54, 1.807) is 26.2 Å². The number of carbonyl (C=O) groups is 1. The second-order valence-corrected chi connectivity index (χ2v) is 5.96. The number of hydrogen-bond acceptors (Lipinski definition) is 3. The molecule has 0 spiro atoms. The number of aliphatic imine (C=N–C) groups is 1. The van der Waals surface area contributed by atoms with E-state index in [1.807, 2.05) is 18.9 Å². The van der Waals surface area contributed by atoms with E-state index in [4.69, 9.17) is 4.74 Å². The van der Waals surface area contributed by atoms with Crippen LogP contribution in [0.25, 0.3) is 0 Å². The Morgan fingerprint density at radius 2 is 1.92 bits per heavy atom. The number of hydrogen-bond donors (Lipinski definition) is 1. The molecule has 1 amide bonds. The molecule has 138 valence electrons. The van der Waals surface area contributed by atoms with Crippen LogP contribution in [-0.2, 0) is 4.79 Å². The average Bonchev–Trinajstić information content (AvgIpc) is 2.55. The van der Waals surface area contributed by atoms with Crippen molar-refractivity contribution in [2.24, 2.45) is 4.99 Å². The number of guanidine groups is 1. The molecule has 0 bridgehead atoms. The van der Waals surface area contributed by atoms with Crippen molar-refractivity contribution in [1.82, 2.24) is 15.1 Å². The first kappa shape index (κ1) is 20.5. The summed E-state index contributed by atoms with van der Waals surface area (Å²) in [6.07, 6.45) is 0. The topological polar surface area (TPSA) is 57.2 Å². The smallest absolute Gasteiger partial charge is 0.243 e. The zero-order valence-corrected chi connectivity index (χ0v) is 15.4. The summed E-state index contributed by atoms with van der Waals surface area (Å²) in [7, 11) is 5.25. The van der Waals surface area contributed by atoms with Crippen molar-refractivity contribution in [3.05, 3.63) is 42.2 Å². The van der Waals surface area contributed by atoms with Crippen LogP contribution in [0.1, 0.15) is 6.92 Å². The minimum Gasteiger partial charge on any atom is -0.492 e. The summed E-state index contributed by atoms with van der Waals surface area (Å²) >= 11 is 0. The van der Waals surface area contributed by atoms with Crippen molar-refractivity contribution in [2.75, 3.05) is 47.4 Å². The van der Waals surface area contributed by atoms with Gasteiger partial charge in [0.2, 0.25) is 5.91 Å². The standard InChI is InChI=1S/C18H27FN4O2/c1-14(2)12-20-18(21-13-17(24)22(3)4)23(5)10-11-25-16-8-6-15(19)7-9-16/h6-9H,1,10-13H2,2-5H3,(H,20,21). The lowest BCUT2D eigenvalue weighted by Gasteiger charge is -2.23. The fourth-order valence-corrected chi connectivity index (χ4v) is 1.76. The highest BCUT2D eigenvalue weighted by Gasteiger charge is 2.09. The molecule has 6 nitrogen and oxygen atoms in total. The van der Waals surface area contributed by atoms with Gasteiger partial charge in [0, 0.05) is 27.7 Å². The lowest BCUT2D eigenvalue weighted by molar-refractivity contribution is -0.127. The van der Waals surface area contributed by atoms with Crippen LogP contribution in [0.3, 0.4) is 0 Å². The highest BCUT2D eigenvalue weighted by Crippen LogP contribution is 2.10. The maximum atomic E-state index is 12.9. The quantitative estimate of drug-likeness (QED) is 0.441. The summed E-state index contributed by atoms with van der Waals surface area (Å²) in [5.41, 5.74) is 0.961. The number of nitrogens with one attached hydrogen (secondary N) is 1. The number of halogens is 1. The summed E-state index contributed by atoms with van der Waals surface area (Å²) in [5.74, 6) is 0.825. The normalized spacial score (nSPS) is 11.0. The zero-order chi connectivity index (χ0) is 18.8. The SMILES string of the molecule is C=C(C)CNC(=NCC(=O)N(C)C)N(C)CCOc1ccc(F)cc1. The second-order valence-electron chi connectivity index (χ2n) is 5.96. The van der Waals surface area contributed by atoms with Crippen molar-refractivity contribution < 1.29 is 13.9 Å². The molecule has 0 fully saturated rings. The van der Waals surface area contributed by atoms with E-state index in [2.05, 4.69) is 16.9 Å². The fourth-order valence-electron chi connectivity index (χ4n) is 1.76. The molecule has 7 heteroatoms. The fraction of sp³-hybridized carbons (Fsp3) is 0.444. The highest BCUT2D eigenvalue weighted by atomic mass is 19.1. The van der Waals surface area contributed by atoms with Crippen LogP contribution in [0.4, 0.5) is 4.39 Å². The van der Waals surface area contributed by atoms with Crippen molar-refractivity contribution in [1.29, 1.82) is 0 Å². The van der Waals surface area contributed by atoms with E-state index >= 15 is 0 Å². The maximum Gasteiger partial charge on any atom is 0.243 e. The zero-order valence-electron chi connectivity index (χ0n) is 15.4. The molecule has 1 aromatic rings. The Morgan fingerprint density at radius 1 is 1.28 bits per heavy atom. The summed E-state index contributed by atoms with van der Waals surface area (Å²) in [5, 5.41) is 3.17. The molecule has 0 atom stereocenters. The van der Waals surface area contributed by atoms with Crippen LogP contribution >= 0.6 is 0 Å². The van der Waals surface area contributed by atoms with E-state index < -0.39 is 0 Å². The first-order valence-corrected chi connectivity index (χ1v) is 8.02. The summed E-state index contributed by atoms with van der Waals surface area (Å²) in [6, 6.07) is 5.87. The van der Waals surface area contributed by atoms with E-state index in [9.17, 15) is 9.18 Å². The van der Waals surface area contributed by atoms with Gasteiger partial charge in [-0.25, -0.2) is 9.38 Å². The van der Waals surface area contributed by atoms with E-state index in [1.165, 1.54) is 17.0 Å². The molecule has 0 aromatic heterocycles. The van der Waals surface area contributed by atoms with Gasteiger partial charge in [0.05, 0.1) is 6.54 Å². The Hall–Kier alpha value is -2.57. The van der Waals surface area contributed by atoms with E-state index in [0.717, 1.165) is 5.57 Å². The van der Waals surface area contributed by atoms with Gasteiger partial charge >= 0.3 is 0 Å². The van der Waals surface area contributed by atoms with Crippen molar-refractivity contribution in [3.63, 3.8) is 0 Å². The van der Waals surface area contributed by atoms with E-state index in [-0.39, 0.29) is 18.3 Å². The first-order valence-electron chi connectivity index (χ1n) is 8.02. The molecule has 1 N–H and O–H groups in total. The van der Waals surface area contributed by atoms with Crippen LogP contribution in [-0.4, -0.2) is 69.1 Å². The Balaban J connectivity index is 2.59. The van der Waals surface area contributed by atoms with Gasteiger partial charge < -0.3 is 19.9 Å². The lowest BCUT2D eigenvalue weighted by atomic mass is 10.3. The number of carbonyl (C=O) groups excluding carboxylic acids is 1. The van der Waals surface area contributed by atoms with Crippen LogP contribution in [0.5, 0.6) is 5.75 Å². The Bertz CT molecular complexity index is 600.